The average Bonchev–Trinajstić information content (AvgIpc) is 2.52. The molecule has 0 aromatic heterocycles. The van der Waals surface area contributed by atoms with Gasteiger partial charge in [0, 0.05) is 30.1 Å². The summed E-state index contributed by atoms with van der Waals surface area (Å²) in [5.74, 6) is -0.348. The zero-order valence-electron chi connectivity index (χ0n) is 14.0. The van der Waals surface area contributed by atoms with Crippen LogP contribution in [0.3, 0.4) is 0 Å². The van der Waals surface area contributed by atoms with Crippen LogP contribution in [0.4, 0.5) is 26.3 Å². The van der Waals surface area contributed by atoms with Crippen LogP contribution in [0.15, 0.2) is 0 Å². The molecule has 1 atom stereocenters. The standard InChI is InChI=1S/2C7H11F3O2S/c1-5(7(8,9)10)13-3-2-6(12)4-11;8-7(9,10)2-4-13-3-1-6(12)5-11/h5,11H,2-4H2,1H3;11H,1-5H2. The molecule has 0 radical (unpaired) electrons. The summed E-state index contributed by atoms with van der Waals surface area (Å²) >= 11 is 1.74. The van der Waals surface area contributed by atoms with Gasteiger partial charge in [0.1, 0.15) is 13.2 Å². The Morgan fingerprint density at radius 3 is 1.73 bits per heavy atom. The summed E-state index contributed by atoms with van der Waals surface area (Å²) in [5.41, 5.74) is 0. The number of alkyl halides is 6. The maximum Gasteiger partial charge on any atom is 0.400 e. The van der Waals surface area contributed by atoms with E-state index in [0.29, 0.717) is 17.5 Å². The Hall–Kier alpha value is -0.460. The molecular weight excluding hydrogens is 410 g/mol. The topological polar surface area (TPSA) is 74.6 Å². The van der Waals surface area contributed by atoms with Crippen LogP contribution in [0.1, 0.15) is 26.2 Å². The zero-order valence-corrected chi connectivity index (χ0v) is 15.7. The fourth-order valence-corrected chi connectivity index (χ4v) is 2.92. The minimum atomic E-state index is -4.22. The van der Waals surface area contributed by atoms with Gasteiger partial charge in [-0.3, -0.25) is 9.59 Å². The summed E-state index contributed by atoms with van der Waals surface area (Å²) in [7, 11) is 0. The zero-order chi connectivity index (χ0) is 20.8. The molecular formula is C14H22F6O4S2. The van der Waals surface area contributed by atoms with Gasteiger partial charge in [-0.2, -0.15) is 38.1 Å². The second kappa shape index (κ2) is 14.6. The van der Waals surface area contributed by atoms with Gasteiger partial charge in [-0.25, -0.2) is 0 Å². The predicted octanol–water partition coefficient (Wildman–Crippen LogP) is 3.25. The lowest BCUT2D eigenvalue weighted by Gasteiger charge is -2.14. The van der Waals surface area contributed by atoms with E-state index in [9.17, 15) is 35.9 Å². The minimum absolute atomic E-state index is 0.0123. The van der Waals surface area contributed by atoms with Gasteiger partial charge in [0.05, 0.1) is 11.7 Å². The van der Waals surface area contributed by atoms with E-state index in [1.807, 2.05) is 0 Å². The van der Waals surface area contributed by atoms with Crippen molar-refractivity contribution < 1.29 is 46.1 Å². The Balaban J connectivity index is 0. The fraction of sp³-hybridized carbons (Fsp3) is 0.857. The van der Waals surface area contributed by atoms with Crippen LogP contribution in [-0.4, -0.2) is 69.9 Å². The van der Waals surface area contributed by atoms with Gasteiger partial charge in [0.2, 0.25) is 0 Å². The molecule has 0 fully saturated rings. The van der Waals surface area contributed by atoms with Crippen molar-refractivity contribution in [3.8, 4) is 0 Å². The summed E-state index contributed by atoms with van der Waals surface area (Å²) in [6.45, 7) is -0.0745. The lowest BCUT2D eigenvalue weighted by Crippen LogP contribution is -2.23. The molecule has 4 nitrogen and oxygen atoms in total. The summed E-state index contributed by atoms with van der Waals surface area (Å²) in [6, 6.07) is 0. The van der Waals surface area contributed by atoms with Crippen molar-refractivity contribution in [3.63, 3.8) is 0 Å². The minimum Gasteiger partial charge on any atom is -0.389 e. The van der Waals surface area contributed by atoms with Crippen LogP contribution in [0.5, 0.6) is 0 Å². The monoisotopic (exact) mass is 432 g/mol. The number of rotatable bonds is 11. The fourth-order valence-electron chi connectivity index (χ4n) is 1.08. The van der Waals surface area contributed by atoms with Crippen molar-refractivity contribution in [3.05, 3.63) is 0 Å². The number of thioether (sulfide) groups is 2. The smallest absolute Gasteiger partial charge is 0.389 e. The lowest BCUT2D eigenvalue weighted by molar-refractivity contribution is -0.129. The third-order valence-corrected chi connectivity index (χ3v) is 4.81. The van der Waals surface area contributed by atoms with Crippen molar-refractivity contribution in [2.45, 2.75) is 43.8 Å². The molecule has 0 aliphatic heterocycles. The van der Waals surface area contributed by atoms with E-state index in [2.05, 4.69) is 0 Å². The Morgan fingerprint density at radius 1 is 0.885 bits per heavy atom. The van der Waals surface area contributed by atoms with E-state index >= 15 is 0 Å². The predicted molar refractivity (Wildman–Crippen MR) is 89.4 cm³/mol. The Morgan fingerprint density at radius 2 is 1.35 bits per heavy atom. The molecule has 0 saturated heterocycles. The SMILES string of the molecule is CC(SCCC(=O)CO)C(F)(F)F.O=C(CO)CCSCCC(F)(F)F. The highest BCUT2D eigenvalue weighted by molar-refractivity contribution is 8.00. The molecule has 0 amide bonds. The molecule has 1 unspecified atom stereocenters. The number of carbonyl (C=O) groups excluding carboxylic acids is 2. The first kappa shape index (κ1) is 27.8. The molecule has 0 spiro atoms. The van der Waals surface area contributed by atoms with Gasteiger partial charge in [-0.05, 0) is 6.92 Å². The quantitative estimate of drug-likeness (QED) is 0.386. The molecule has 12 heteroatoms. The van der Waals surface area contributed by atoms with E-state index in [0.717, 1.165) is 18.7 Å². The van der Waals surface area contributed by atoms with Crippen LogP contribution >= 0.6 is 23.5 Å². The van der Waals surface area contributed by atoms with Crippen molar-refractivity contribution in [1.29, 1.82) is 0 Å². The van der Waals surface area contributed by atoms with Crippen LogP contribution in [0.25, 0.3) is 0 Å². The normalized spacial score (nSPS) is 13.0. The number of ketones is 2. The number of Topliss-reactive ketones (excluding diaryl/α,β-unsaturated/α-hetero) is 2. The number of aliphatic hydroxyl groups is 2. The van der Waals surface area contributed by atoms with Crippen LogP contribution in [0, 0.1) is 0 Å². The average molecular weight is 432 g/mol. The van der Waals surface area contributed by atoms with Gasteiger partial charge in [0.15, 0.2) is 11.6 Å². The number of halogens is 6. The van der Waals surface area contributed by atoms with Gasteiger partial charge < -0.3 is 10.2 Å². The van der Waals surface area contributed by atoms with Crippen molar-refractivity contribution in [1.82, 2.24) is 0 Å². The van der Waals surface area contributed by atoms with E-state index < -0.39 is 43.0 Å². The first-order chi connectivity index (χ1) is 11.8. The maximum absolute atomic E-state index is 11.9. The molecule has 0 rings (SSSR count). The molecule has 26 heavy (non-hydrogen) atoms. The molecule has 156 valence electrons. The highest BCUT2D eigenvalue weighted by Gasteiger charge is 2.36. The number of hydrogen-bond donors (Lipinski definition) is 2. The van der Waals surface area contributed by atoms with Crippen molar-refractivity contribution in [2.75, 3.05) is 30.5 Å². The Labute approximate surface area is 156 Å². The van der Waals surface area contributed by atoms with Crippen LogP contribution in [0.2, 0.25) is 0 Å². The third-order valence-electron chi connectivity index (χ3n) is 2.62. The summed E-state index contributed by atoms with van der Waals surface area (Å²) in [5, 5.41) is 15.1. The van der Waals surface area contributed by atoms with E-state index in [4.69, 9.17) is 10.2 Å². The molecule has 0 saturated carbocycles. The summed E-state index contributed by atoms with van der Waals surface area (Å²) in [4.78, 5) is 21.0. The first-order valence-electron chi connectivity index (χ1n) is 7.41. The van der Waals surface area contributed by atoms with Gasteiger partial charge in [-0.1, -0.05) is 0 Å². The lowest BCUT2D eigenvalue weighted by atomic mass is 10.3. The largest absolute Gasteiger partial charge is 0.400 e. The Kier molecular flexibility index (Phi) is 15.6. The molecule has 0 bridgehead atoms. The molecule has 0 heterocycles. The highest BCUT2D eigenvalue weighted by Crippen LogP contribution is 2.30. The maximum atomic E-state index is 11.9. The summed E-state index contributed by atoms with van der Waals surface area (Å²) in [6.07, 6.45) is -9.04. The van der Waals surface area contributed by atoms with Crippen LogP contribution in [-0.2, 0) is 9.59 Å². The van der Waals surface area contributed by atoms with Gasteiger partial charge >= 0.3 is 12.4 Å². The van der Waals surface area contributed by atoms with Gasteiger partial charge in [0.25, 0.3) is 0 Å². The number of aliphatic hydroxyl groups excluding tert-OH is 2. The number of carbonyl (C=O) groups is 2. The molecule has 0 aliphatic rings. The molecule has 0 aromatic rings. The third kappa shape index (κ3) is 19.9. The van der Waals surface area contributed by atoms with E-state index in [1.165, 1.54) is 0 Å². The van der Waals surface area contributed by atoms with Crippen molar-refractivity contribution >= 4 is 35.1 Å². The number of hydrogen-bond acceptors (Lipinski definition) is 6. The summed E-state index contributed by atoms with van der Waals surface area (Å²) < 4.78 is 70.5. The second-order valence-corrected chi connectivity index (χ2v) is 7.60. The van der Waals surface area contributed by atoms with E-state index in [1.54, 1.807) is 0 Å². The van der Waals surface area contributed by atoms with Gasteiger partial charge in [-0.15, -0.1) is 11.8 Å². The molecule has 2 N–H and O–H groups in total. The highest BCUT2D eigenvalue weighted by atomic mass is 32.2. The van der Waals surface area contributed by atoms with Crippen LogP contribution < -0.4 is 0 Å². The first-order valence-corrected chi connectivity index (χ1v) is 9.61. The molecule has 0 aromatic carbocycles. The molecule has 0 aliphatic carbocycles. The van der Waals surface area contributed by atoms with E-state index in [-0.39, 0.29) is 30.1 Å². The Bertz CT molecular complexity index is 402. The second-order valence-electron chi connectivity index (χ2n) is 4.93. The van der Waals surface area contributed by atoms with Crippen molar-refractivity contribution in [2.24, 2.45) is 0 Å².